The van der Waals surface area contributed by atoms with E-state index in [4.69, 9.17) is 26.3 Å². The van der Waals surface area contributed by atoms with Crippen LogP contribution in [0.2, 0.25) is 5.02 Å². The second-order valence-electron chi connectivity index (χ2n) is 10.00. The highest BCUT2D eigenvalue weighted by molar-refractivity contribution is 6.36. The monoisotopic (exact) mass is 520 g/mol. The van der Waals surface area contributed by atoms with Crippen molar-refractivity contribution in [3.8, 4) is 17.3 Å². The lowest BCUT2D eigenvalue weighted by Crippen LogP contribution is -2.50. The van der Waals surface area contributed by atoms with Crippen LogP contribution in [0.1, 0.15) is 19.8 Å². The maximum absolute atomic E-state index is 15.8. The van der Waals surface area contributed by atoms with Crippen LogP contribution in [0, 0.1) is 5.82 Å². The number of hydrogen-bond acceptors (Lipinski definition) is 7. The van der Waals surface area contributed by atoms with Gasteiger partial charge in [-0.1, -0.05) is 41.9 Å². The van der Waals surface area contributed by atoms with E-state index < -0.39 is 5.82 Å². The highest BCUT2D eigenvalue weighted by Gasteiger charge is 2.26. The largest absolute Gasteiger partial charge is 0.462 e. The molecule has 0 bridgehead atoms. The van der Waals surface area contributed by atoms with Gasteiger partial charge in [-0.15, -0.1) is 0 Å². The fourth-order valence-corrected chi connectivity index (χ4v) is 5.76. The normalized spacial score (nSPS) is 20.7. The van der Waals surface area contributed by atoms with Gasteiger partial charge in [-0.25, -0.2) is 9.37 Å². The van der Waals surface area contributed by atoms with E-state index in [-0.39, 0.29) is 17.7 Å². The maximum atomic E-state index is 15.8. The molecule has 0 radical (unpaired) electrons. The van der Waals surface area contributed by atoms with Gasteiger partial charge in [-0.2, -0.15) is 9.97 Å². The highest BCUT2D eigenvalue weighted by atomic mass is 35.5. The predicted octanol–water partition coefficient (Wildman–Crippen LogP) is 4.91. The molecule has 2 aromatic heterocycles. The van der Waals surface area contributed by atoms with Crippen molar-refractivity contribution >= 4 is 39.2 Å². The van der Waals surface area contributed by atoms with Crippen LogP contribution in [0.15, 0.2) is 42.5 Å². The second kappa shape index (κ2) is 10.0. The molecule has 7 nitrogen and oxygen atoms in total. The number of likely N-dealkylation sites (N-methyl/N-ethyl adjacent to an activating group) is 1. The molecule has 192 valence electrons. The Morgan fingerprint density at radius 1 is 1.14 bits per heavy atom. The third kappa shape index (κ3) is 4.58. The van der Waals surface area contributed by atoms with Crippen molar-refractivity contribution in [1.29, 1.82) is 0 Å². The Bertz CT molecular complexity index is 1460. The van der Waals surface area contributed by atoms with Crippen LogP contribution >= 0.6 is 11.6 Å². The Hall–Kier alpha value is -3.07. The van der Waals surface area contributed by atoms with Crippen molar-refractivity contribution in [2.75, 3.05) is 44.7 Å². The SMILES string of the molecule is C[C@@H]1CNCCN1c1nc(OC[C@@H]2CCCN2C)nc2nc(-c3cccc4cccc(Cl)c34)c(F)cc12. The van der Waals surface area contributed by atoms with E-state index in [9.17, 15) is 0 Å². The van der Waals surface area contributed by atoms with Crippen molar-refractivity contribution in [1.82, 2.24) is 25.2 Å². The second-order valence-corrected chi connectivity index (χ2v) is 10.4. The molecular weight excluding hydrogens is 491 g/mol. The average molecular weight is 521 g/mol. The van der Waals surface area contributed by atoms with Gasteiger partial charge < -0.3 is 19.9 Å². The minimum Gasteiger partial charge on any atom is -0.462 e. The molecule has 4 heterocycles. The third-order valence-electron chi connectivity index (χ3n) is 7.56. The molecule has 0 spiro atoms. The number of ether oxygens (including phenoxy) is 1. The summed E-state index contributed by atoms with van der Waals surface area (Å²) in [7, 11) is 2.11. The van der Waals surface area contributed by atoms with Gasteiger partial charge >= 0.3 is 6.01 Å². The molecule has 9 heteroatoms. The lowest BCUT2D eigenvalue weighted by Gasteiger charge is -2.35. The van der Waals surface area contributed by atoms with E-state index in [1.54, 1.807) is 0 Å². The predicted molar refractivity (Wildman–Crippen MR) is 146 cm³/mol. The lowest BCUT2D eigenvalue weighted by molar-refractivity contribution is 0.188. The van der Waals surface area contributed by atoms with Gasteiger partial charge in [0.25, 0.3) is 0 Å². The first-order valence-corrected chi connectivity index (χ1v) is 13.2. The molecule has 2 saturated heterocycles. The number of nitrogens with zero attached hydrogens (tertiary/aromatic N) is 5. The molecule has 6 rings (SSSR count). The average Bonchev–Trinajstić information content (AvgIpc) is 3.31. The van der Waals surface area contributed by atoms with E-state index in [2.05, 4.69) is 34.1 Å². The Morgan fingerprint density at radius 2 is 1.97 bits per heavy atom. The number of aromatic nitrogens is 3. The summed E-state index contributed by atoms with van der Waals surface area (Å²) in [6, 6.07) is 13.6. The summed E-state index contributed by atoms with van der Waals surface area (Å²) in [5.41, 5.74) is 1.25. The Morgan fingerprint density at radius 3 is 2.76 bits per heavy atom. The third-order valence-corrected chi connectivity index (χ3v) is 7.87. The van der Waals surface area contributed by atoms with Crippen molar-refractivity contribution in [3.05, 3.63) is 53.3 Å². The summed E-state index contributed by atoms with van der Waals surface area (Å²) in [4.78, 5) is 18.7. The van der Waals surface area contributed by atoms with E-state index >= 15 is 4.39 Å². The molecule has 2 aliphatic rings. The van der Waals surface area contributed by atoms with Gasteiger partial charge in [0.05, 0.1) is 5.39 Å². The van der Waals surface area contributed by atoms with Gasteiger partial charge in [0.1, 0.15) is 23.9 Å². The number of benzene rings is 2. The first kappa shape index (κ1) is 24.3. The van der Waals surface area contributed by atoms with Gasteiger partial charge in [-0.3, -0.25) is 0 Å². The number of pyridine rings is 1. The van der Waals surface area contributed by atoms with E-state index in [1.165, 1.54) is 6.07 Å². The first-order chi connectivity index (χ1) is 18.0. The van der Waals surface area contributed by atoms with Crippen molar-refractivity contribution in [2.45, 2.75) is 31.8 Å². The summed E-state index contributed by atoms with van der Waals surface area (Å²) in [5, 5.41) is 6.22. The summed E-state index contributed by atoms with van der Waals surface area (Å²) in [5.74, 6) is 0.219. The van der Waals surface area contributed by atoms with Crippen molar-refractivity contribution < 1.29 is 9.13 Å². The quantitative estimate of drug-likeness (QED) is 0.401. The molecule has 0 aliphatic carbocycles. The minimum absolute atomic E-state index is 0.181. The number of halogens is 2. The Balaban J connectivity index is 1.49. The smallest absolute Gasteiger partial charge is 0.320 e. The molecular formula is C28H30ClFN6O. The number of rotatable bonds is 5. The van der Waals surface area contributed by atoms with Crippen molar-refractivity contribution in [3.63, 3.8) is 0 Å². The molecule has 0 amide bonds. The molecule has 2 aromatic carbocycles. The summed E-state index contributed by atoms with van der Waals surface area (Å²) in [6.45, 7) is 6.09. The number of piperazine rings is 1. The molecule has 37 heavy (non-hydrogen) atoms. The summed E-state index contributed by atoms with van der Waals surface area (Å²) >= 11 is 6.55. The van der Waals surface area contributed by atoms with Crippen LogP contribution in [0.3, 0.4) is 0 Å². The Kier molecular flexibility index (Phi) is 6.56. The molecule has 4 aromatic rings. The van der Waals surface area contributed by atoms with Gasteiger partial charge in [0, 0.05) is 47.7 Å². The van der Waals surface area contributed by atoms with Crippen LogP contribution in [-0.4, -0.2) is 71.8 Å². The topological polar surface area (TPSA) is 66.4 Å². The minimum atomic E-state index is -0.436. The zero-order valence-corrected chi connectivity index (χ0v) is 21.8. The van der Waals surface area contributed by atoms with Gasteiger partial charge in [0.2, 0.25) is 0 Å². The lowest BCUT2D eigenvalue weighted by atomic mass is 10.0. The molecule has 0 saturated carbocycles. The fourth-order valence-electron chi connectivity index (χ4n) is 5.48. The number of likely N-dealkylation sites (tertiary alicyclic amines) is 1. The van der Waals surface area contributed by atoms with Crippen molar-refractivity contribution in [2.24, 2.45) is 0 Å². The van der Waals surface area contributed by atoms with Gasteiger partial charge in [-0.05, 0) is 50.9 Å². The van der Waals surface area contributed by atoms with Crippen LogP contribution in [0.4, 0.5) is 10.2 Å². The standard InChI is InChI=1S/C28H30ClFN6O/c1-17-15-31-11-13-36(17)27-21-14-23(30)25(20-9-3-6-18-7-4-10-22(29)24(18)20)32-26(21)33-28(34-27)37-16-19-8-5-12-35(19)2/h3-4,6-7,9-10,14,17,19,31H,5,8,11-13,15-16H2,1-2H3/t17-,19+/m1/s1. The molecule has 2 fully saturated rings. The fraction of sp³-hybridized carbons (Fsp3) is 0.393. The van der Waals surface area contributed by atoms with Crippen LogP contribution in [-0.2, 0) is 0 Å². The number of nitrogens with one attached hydrogen (secondary N) is 1. The van der Waals surface area contributed by atoms with E-state index in [0.29, 0.717) is 40.1 Å². The number of anilines is 1. The van der Waals surface area contributed by atoms with Crippen LogP contribution in [0.5, 0.6) is 6.01 Å². The molecule has 1 N–H and O–H groups in total. The maximum Gasteiger partial charge on any atom is 0.320 e. The number of fused-ring (bicyclic) bond motifs is 2. The van der Waals surface area contributed by atoms with Crippen LogP contribution < -0.4 is 15.0 Å². The highest BCUT2D eigenvalue weighted by Crippen LogP contribution is 2.36. The van der Waals surface area contributed by atoms with E-state index in [1.807, 2.05) is 36.4 Å². The van der Waals surface area contributed by atoms with Gasteiger partial charge in [0.15, 0.2) is 5.65 Å². The Labute approximate surface area is 220 Å². The molecule has 2 aliphatic heterocycles. The first-order valence-electron chi connectivity index (χ1n) is 12.9. The summed E-state index contributed by atoms with van der Waals surface area (Å²) < 4.78 is 21.9. The molecule has 2 atom stereocenters. The summed E-state index contributed by atoms with van der Waals surface area (Å²) in [6.07, 6.45) is 2.24. The molecule has 0 unspecified atom stereocenters. The zero-order valence-electron chi connectivity index (χ0n) is 21.0. The van der Waals surface area contributed by atoms with Crippen LogP contribution in [0.25, 0.3) is 33.1 Å². The zero-order chi connectivity index (χ0) is 25.5. The number of hydrogen-bond donors (Lipinski definition) is 1. The van der Waals surface area contributed by atoms with E-state index in [0.717, 1.165) is 49.8 Å².